The lowest BCUT2D eigenvalue weighted by atomic mass is 10.1. The molecule has 2 N–H and O–H groups in total. The number of hydrogen-bond acceptors (Lipinski definition) is 9. The number of carbonyl (C=O) groups is 1. The number of morpholine rings is 1. The van der Waals surface area contributed by atoms with Crippen LogP contribution in [0.25, 0.3) is 32.5 Å². The molecule has 0 aliphatic carbocycles. The van der Waals surface area contributed by atoms with Crippen molar-refractivity contribution in [1.29, 1.82) is 0 Å². The van der Waals surface area contributed by atoms with Gasteiger partial charge in [-0.1, -0.05) is 18.7 Å². The number of piperazine rings is 1. The molecule has 5 heterocycles. The van der Waals surface area contributed by atoms with Crippen LogP contribution < -0.4 is 10.2 Å². The van der Waals surface area contributed by atoms with E-state index in [0.29, 0.717) is 31.3 Å². The summed E-state index contributed by atoms with van der Waals surface area (Å²) in [6.45, 7) is 10.7. The van der Waals surface area contributed by atoms with Gasteiger partial charge in [-0.15, -0.1) is 11.3 Å². The molecule has 13 heteroatoms. The Kier molecular flexibility index (Phi) is 8.16. The van der Waals surface area contributed by atoms with Gasteiger partial charge >= 0.3 is 0 Å². The maximum atomic E-state index is 12.7. The summed E-state index contributed by atoms with van der Waals surface area (Å²) in [5, 5.41) is 11.0. The molecule has 0 radical (unpaired) electrons. The number of rotatable bonds is 9. The van der Waals surface area contributed by atoms with Gasteiger partial charge in [0, 0.05) is 68.2 Å². The molecule has 1 unspecified atom stereocenters. The van der Waals surface area contributed by atoms with Crippen LogP contribution in [0.15, 0.2) is 43.1 Å². The second kappa shape index (κ2) is 12.1. The Hall–Kier alpha value is -3.23. The van der Waals surface area contributed by atoms with Crippen LogP contribution in [-0.2, 0) is 27.1 Å². The summed E-state index contributed by atoms with van der Waals surface area (Å²) in [4.78, 5) is 27.4. The SMILES string of the molecule is C=CC(=O)NCCS(=O)N1CCN(Cc2cc3nc(-c4cccc5[nH]ncc45)nc(N4CCOCC4)c3s2)CC1. The predicted octanol–water partition coefficient (Wildman–Crippen LogP) is 2.15. The van der Waals surface area contributed by atoms with Gasteiger partial charge in [0.15, 0.2) is 11.6 Å². The molecule has 4 aromatic rings. The van der Waals surface area contributed by atoms with Crippen molar-refractivity contribution >= 4 is 55.2 Å². The fourth-order valence-electron chi connectivity index (χ4n) is 5.09. The zero-order valence-corrected chi connectivity index (χ0v) is 23.8. The molecule has 6 rings (SSSR count). The molecule has 2 fully saturated rings. The third kappa shape index (κ3) is 5.79. The first kappa shape index (κ1) is 27.0. The first-order chi connectivity index (χ1) is 19.6. The van der Waals surface area contributed by atoms with Crippen molar-refractivity contribution in [1.82, 2.24) is 34.7 Å². The largest absolute Gasteiger partial charge is 0.378 e. The number of anilines is 1. The summed E-state index contributed by atoms with van der Waals surface area (Å²) in [6.07, 6.45) is 3.06. The minimum Gasteiger partial charge on any atom is -0.378 e. The quantitative estimate of drug-likeness (QED) is 0.289. The number of nitrogens with zero attached hydrogens (tertiary/aromatic N) is 6. The van der Waals surface area contributed by atoms with E-state index in [4.69, 9.17) is 14.7 Å². The third-order valence-corrected chi connectivity index (χ3v) is 9.80. The third-order valence-electron chi connectivity index (χ3n) is 7.20. The molecule has 1 amide bonds. The fraction of sp³-hybridized carbons (Fsp3) is 0.407. The van der Waals surface area contributed by atoms with Gasteiger partial charge < -0.3 is 15.0 Å². The molecule has 0 saturated carbocycles. The second-order valence-corrected chi connectivity index (χ2v) is 12.5. The Bertz CT molecular complexity index is 1540. The average molecular weight is 581 g/mol. The van der Waals surface area contributed by atoms with Gasteiger partial charge in [-0.25, -0.2) is 18.5 Å². The molecule has 210 valence electrons. The van der Waals surface area contributed by atoms with Crippen LogP contribution in [0.5, 0.6) is 0 Å². The topological polar surface area (TPSA) is 120 Å². The molecule has 2 aliphatic rings. The van der Waals surface area contributed by atoms with E-state index in [0.717, 1.165) is 78.3 Å². The van der Waals surface area contributed by atoms with Crippen molar-refractivity contribution in [3.8, 4) is 11.4 Å². The number of H-pyrrole nitrogens is 1. The lowest BCUT2D eigenvalue weighted by Crippen LogP contribution is -2.47. The van der Waals surface area contributed by atoms with Gasteiger partial charge in [-0.05, 0) is 18.2 Å². The van der Waals surface area contributed by atoms with Crippen molar-refractivity contribution in [3.63, 3.8) is 0 Å². The number of hydrogen-bond donors (Lipinski definition) is 2. The number of carbonyl (C=O) groups excluding carboxylic acids is 1. The van der Waals surface area contributed by atoms with Crippen LogP contribution in [0.2, 0.25) is 0 Å². The highest BCUT2D eigenvalue weighted by molar-refractivity contribution is 7.82. The molecular formula is C27H32N8O3S2. The van der Waals surface area contributed by atoms with Crippen LogP contribution in [0.4, 0.5) is 5.82 Å². The van der Waals surface area contributed by atoms with Crippen molar-refractivity contribution < 1.29 is 13.7 Å². The van der Waals surface area contributed by atoms with E-state index in [-0.39, 0.29) is 5.91 Å². The predicted molar refractivity (Wildman–Crippen MR) is 159 cm³/mol. The number of aromatic amines is 1. The van der Waals surface area contributed by atoms with Crippen molar-refractivity contribution in [2.45, 2.75) is 6.54 Å². The highest BCUT2D eigenvalue weighted by atomic mass is 32.2. The molecule has 1 aromatic carbocycles. The Labute approximate surface area is 238 Å². The van der Waals surface area contributed by atoms with Gasteiger partial charge in [0.2, 0.25) is 5.91 Å². The summed E-state index contributed by atoms with van der Waals surface area (Å²) in [6, 6.07) is 8.25. The number of thiophene rings is 1. The number of aromatic nitrogens is 4. The lowest BCUT2D eigenvalue weighted by molar-refractivity contribution is -0.116. The first-order valence-corrected chi connectivity index (χ1v) is 15.5. The molecule has 1 atom stereocenters. The smallest absolute Gasteiger partial charge is 0.243 e. The van der Waals surface area contributed by atoms with E-state index in [1.807, 2.05) is 28.7 Å². The first-order valence-electron chi connectivity index (χ1n) is 13.4. The highest BCUT2D eigenvalue weighted by Gasteiger charge is 2.24. The lowest BCUT2D eigenvalue weighted by Gasteiger charge is -2.33. The van der Waals surface area contributed by atoms with E-state index in [1.165, 1.54) is 11.0 Å². The Morgan fingerprint density at radius 1 is 1.18 bits per heavy atom. The molecule has 2 saturated heterocycles. The highest BCUT2D eigenvalue weighted by Crippen LogP contribution is 2.36. The summed E-state index contributed by atoms with van der Waals surface area (Å²) in [5.41, 5.74) is 2.87. The number of amides is 1. The van der Waals surface area contributed by atoms with Gasteiger partial charge in [-0.3, -0.25) is 14.8 Å². The minimum absolute atomic E-state index is 0.239. The van der Waals surface area contributed by atoms with Crippen LogP contribution in [-0.4, -0.2) is 104 Å². The fourth-order valence-corrected chi connectivity index (χ4v) is 7.35. The standard InChI is InChI=1S/C27H32N8O3S2/c1-2-24(36)28-6-15-40(37)35-9-7-33(8-10-35)18-19-16-23-25(39-19)27(34-11-13-38-14-12-34)31-26(30-23)20-4-3-5-22-21(20)17-29-32-22/h2-5,16-17H,1,6-15,18H2,(H,28,36)(H,29,32). The molecule has 0 bridgehead atoms. The van der Waals surface area contributed by atoms with Crippen molar-refractivity contribution in [2.24, 2.45) is 0 Å². The van der Waals surface area contributed by atoms with E-state index >= 15 is 0 Å². The second-order valence-electron chi connectivity index (χ2n) is 9.76. The summed E-state index contributed by atoms with van der Waals surface area (Å²) in [5.74, 6) is 1.83. The molecule has 0 spiro atoms. The molecule has 11 nitrogen and oxygen atoms in total. The normalized spacial score (nSPS) is 17.9. The molecule has 3 aromatic heterocycles. The van der Waals surface area contributed by atoms with Crippen LogP contribution in [0, 0.1) is 0 Å². The molecule has 2 aliphatic heterocycles. The number of benzene rings is 1. The number of fused-ring (bicyclic) bond motifs is 2. The summed E-state index contributed by atoms with van der Waals surface area (Å²) >= 11 is 1.75. The maximum absolute atomic E-state index is 12.7. The minimum atomic E-state index is -1.11. The van der Waals surface area contributed by atoms with Gasteiger partial charge in [0.05, 0.1) is 51.9 Å². The van der Waals surface area contributed by atoms with Crippen molar-refractivity contribution in [2.75, 3.05) is 69.7 Å². The zero-order valence-electron chi connectivity index (χ0n) is 22.2. The Morgan fingerprint density at radius 2 is 2.00 bits per heavy atom. The Balaban J connectivity index is 1.20. The van der Waals surface area contributed by atoms with Gasteiger partial charge in [0.1, 0.15) is 0 Å². The van der Waals surface area contributed by atoms with E-state index < -0.39 is 11.0 Å². The van der Waals surface area contributed by atoms with E-state index in [9.17, 15) is 9.00 Å². The van der Waals surface area contributed by atoms with Gasteiger partial charge in [-0.2, -0.15) is 5.10 Å². The van der Waals surface area contributed by atoms with Crippen LogP contribution in [0.3, 0.4) is 0 Å². The van der Waals surface area contributed by atoms with E-state index in [2.05, 4.69) is 38.0 Å². The van der Waals surface area contributed by atoms with Crippen LogP contribution in [0.1, 0.15) is 4.88 Å². The Morgan fingerprint density at radius 3 is 2.80 bits per heavy atom. The number of ether oxygens (including phenoxy) is 1. The summed E-state index contributed by atoms with van der Waals surface area (Å²) in [7, 11) is -1.11. The van der Waals surface area contributed by atoms with Crippen molar-refractivity contribution in [3.05, 3.63) is 48.0 Å². The molecular weight excluding hydrogens is 548 g/mol. The zero-order chi connectivity index (χ0) is 27.5. The summed E-state index contributed by atoms with van der Waals surface area (Å²) < 4.78 is 21.4. The monoisotopic (exact) mass is 580 g/mol. The van der Waals surface area contributed by atoms with E-state index in [1.54, 1.807) is 11.3 Å². The van der Waals surface area contributed by atoms with Gasteiger partial charge in [0.25, 0.3) is 0 Å². The maximum Gasteiger partial charge on any atom is 0.243 e. The molecule has 40 heavy (non-hydrogen) atoms. The number of nitrogens with one attached hydrogen (secondary N) is 2. The average Bonchev–Trinajstić information content (AvgIpc) is 3.64. The van der Waals surface area contributed by atoms with Crippen LogP contribution >= 0.6 is 11.3 Å².